The summed E-state index contributed by atoms with van der Waals surface area (Å²) in [5.74, 6) is 0.0797. The summed E-state index contributed by atoms with van der Waals surface area (Å²) < 4.78 is 5.10. The van der Waals surface area contributed by atoms with E-state index < -0.39 is 11.7 Å². The van der Waals surface area contributed by atoms with Crippen LogP contribution in [0.1, 0.15) is 53.9 Å². The fourth-order valence-corrected chi connectivity index (χ4v) is 2.50. The lowest BCUT2D eigenvalue weighted by Gasteiger charge is -2.33. The first-order valence-electron chi connectivity index (χ1n) is 8.63. The number of likely N-dealkylation sites (tertiary alicyclic amines) is 1. The molecule has 0 unspecified atom stereocenters. The molecule has 24 heavy (non-hydrogen) atoms. The Morgan fingerprint density at radius 2 is 1.75 bits per heavy atom. The van der Waals surface area contributed by atoms with Gasteiger partial charge in [-0.1, -0.05) is 13.8 Å². The topological polar surface area (TPSA) is 87.7 Å². The molecule has 1 fully saturated rings. The molecule has 0 atom stereocenters. The molecule has 0 aliphatic carbocycles. The maximum atomic E-state index is 11.9. The Morgan fingerprint density at radius 3 is 2.25 bits per heavy atom. The molecule has 0 aromatic heterocycles. The summed E-state index contributed by atoms with van der Waals surface area (Å²) in [7, 11) is 0. The molecule has 1 aliphatic rings. The normalized spacial score (nSPS) is 16.0. The zero-order valence-corrected chi connectivity index (χ0v) is 15.5. The van der Waals surface area contributed by atoms with Crippen LogP contribution in [0, 0.1) is 5.92 Å². The predicted octanol–water partition coefficient (Wildman–Crippen LogP) is 1.66. The Kier molecular flexibility index (Phi) is 7.51. The van der Waals surface area contributed by atoms with Crippen LogP contribution in [0.2, 0.25) is 0 Å². The highest BCUT2D eigenvalue weighted by Gasteiger charge is 2.25. The first-order chi connectivity index (χ1) is 11.1. The fourth-order valence-electron chi connectivity index (χ4n) is 2.50. The average molecular weight is 341 g/mol. The summed E-state index contributed by atoms with van der Waals surface area (Å²) in [5, 5.41) is 5.53. The summed E-state index contributed by atoms with van der Waals surface area (Å²) in [5.41, 5.74) is -0.548. The number of amides is 3. The molecule has 7 nitrogen and oxygen atoms in total. The zero-order chi connectivity index (χ0) is 18.3. The van der Waals surface area contributed by atoms with Crippen LogP contribution in [0.5, 0.6) is 0 Å². The molecular weight excluding hydrogens is 310 g/mol. The Labute approximate surface area is 144 Å². The molecular formula is C17H31N3O4. The molecule has 0 aromatic carbocycles. The minimum absolute atomic E-state index is 0.00932. The first-order valence-corrected chi connectivity index (χ1v) is 8.63. The first kappa shape index (κ1) is 20.3. The number of alkyl carbamates (subject to hydrolysis) is 1. The second-order valence-electron chi connectivity index (χ2n) is 7.50. The molecule has 0 radical (unpaired) electrons. The van der Waals surface area contributed by atoms with Gasteiger partial charge < -0.3 is 20.3 Å². The lowest BCUT2D eigenvalue weighted by atomic mass is 10.0. The van der Waals surface area contributed by atoms with E-state index in [1.165, 1.54) is 0 Å². The van der Waals surface area contributed by atoms with E-state index in [2.05, 4.69) is 10.6 Å². The van der Waals surface area contributed by atoms with Crippen molar-refractivity contribution in [2.24, 2.45) is 5.92 Å². The number of hydrogen-bond donors (Lipinski definition) is 2. The molecule has 3 amide bonds. The van der Waals surface area contributed by atoms with Gasteiger partial charge in [0.15, 0.2) is 0 Å². The number of nitrogens with zero attached hydrogens (tertiary/aromatic N) is 1. The number of nitrogens with one attached hydrogen (secondary N) is 2. The molecule has 1 rings (SSSR count). The minimum atomic E-state index is -0.548. The SMILES string of the molecule is CC(C)C(=O)N1CCC(NC(=O)CCNC(=O)OC(C)(C)C)CC1. The zero-order valence-electron chi connectivity index (χ0n) is 15.5. The van der Waals surface area contributed by atoms with E-state index in [1.54, 1.807) is 20.8 Å². The number of hydrogen-bond acceptors (Lipinski definition) is 4. The number of carbonyl (C=O) groups is 3. The van der Waals surface area contributed by atoms with Gasteiger partial charge >= 0.3 is 6.09 Å². The molecule has 1 heterocycles. The third-order valence-electron chi connectivity index (χ3n) is 3.69. The van der Waals surface area contributed by atoms with Crippen molar-refractivity contribution in [2.75, 3.05) is 19.6 Å². The van der Waals surface area contributed by atoms with E-state index in [1.807, 2.05) is 18.7 Å². The van der Waals surface area contributed by atoms with Gasteiger partial charge in [-0.05, 0) is 33.6 Å². The van der Waals surface area contributed by atoms with Gasteiger partial charge in [0.1, 0.15) is 5.60 Å². The van der Waals surface area contributed by atoms with Crippen LogP contribution < -0.4 is 10.6 Å². The molecule has 0 spiro atoms. The van der Waals surface area contributed by atoms with Gasteiger partial charge in [0.25, 0.3) is 0 Å². The second kappa shape index (κ2) is 8.89. The minimum Gasteiger partial charge on any atom is -0.444 e. The molecule has 0 bridgehead atoms. The predicted molar refractivity (Wildman–Crippen MR) is 91.4 cm³/mol. The number of piperidine rings is 1. The van der Waals surface area contributed by atoms with Crippen LogP contribution in [0.3, 0.4) is 0 Å². The van der Waals surface area contributed by atoms with Crippen molar-refractivity contribution in [3.8, 4) is 0 Å². The maximum absolute atomic E-state index is 11.9. The van der Waals surface area contributed by atoms with E-state index in [0.29, 0.717) is 13.1 Å². The van der Waals surface area contributed by atoms with Gasteiger partial charge in [-0.2, -0.15) is 0 Å². The summed E-state index contributed by atoms with van der Waals surface area (Å²) in [6.45, 7) is 10.8. The van der Waals surface area contributed by atoms with Crippen LogP contribution in [-0.4, -0.2) is 54.1 Å². The van der Waals surface area contributed by atoms with Gasteiger partial charge in [-0.25, -0.2) is 4.79 Å². The Balaban J connectivity index is 2.21. The van der Waals surface area contributed by atoms with Crippen molar-refractivity contribution in [2.45, 2.75) is 65.5 Å². The standard InChI is InChI=1S/C17H31N3O4/c1-12(2)15(22)20-10-7-13(8-11-20)19-14(21)6-9-18-16(23)24-17(3,4)5/h12-13H,6-11H2,1-5H3,(H,18,23)(H,19,21). The van der Waals surface area contributed by atoms with Gasteiger partial charge in [0, 0.05) is 38.0 Å². The van der Waals surface area contributed by atoms with Crippen molar-refractivity contribution in [1.82, 2.24) is 15.5 Å². The van der Waals surface area contributed by atoms with Gasteiger partial charge in [-0.15, -0.1) is 0 Å². The van der Waals surface area contributed by atoms with Crippen LogP contribution in [0.4, 0.5) is 4.79 Å². The Morgan fingerprint density at radius 1 is 1.17 bits per heavy atom. The Hall–Kier alpha value is -1.79. The van der Waals surface area contributed by atoms with E-state index in [4.69, 9.17) is 4.74 Å². The number of carbonyl (C=O) groups excluding carboxylic acids is 3. The highest BCUT2D eigenvalue weighted by Crippen LogP contribution is 2.13. The summed E-state index contributed by atoms with van der Waals surface area (Å²) in [6, 6.07) is 0.0928. The summed E-state index contributed by atoms with van der Waals surface area (Å²) in [4.78, 5) is 37.2. The Bertz CT molecular complexity index is 449. The van der Waals surface area contributed by atoms with Crippen molar-refractivity contribution in [1.29, 1.82) is 0 Å². The van der Waals surface area contributed by atoms with Crippen LogP contribution >= 0.6 is 0 Å². The molecule has 7 heteroatoms. The smallest absolute Gasteiger partial charge is 0.407 e. The van der Waals surface area contributed by atoms with Crippen molar-refractivity contribution < 1.29 is 19.1 Å². The molecule has 1 saturated heterocycles. The van der Waals surface area contributed by atoms with Gasteiger partial charge in [0.2, 0.25) is 11.8 Å². The lowest BCUT2D eigenvalue weighted by molar-refractivity contribution is -0.135. The van der Waals surface area contributed by atoms with E-state index in [0.717, 1.165) is 12.8 Å². The molecule has 0 saturated carbocycles. The molecule has 2 N–H and O–H groups in total. The molecule has 138 valence electrons. The van der Waals surface area contributed by atoms with Gasteiger partial charge in [-0.3, -0.25) is 9.59 Å². The van der Waals surface area contributed by atoms with Crippen LogP contribution in [-0.2, 0) is 14.3 Å². The van der Waals surface area contributed by atoms with Crippen LogP contribution in [0.15, 0.2) is 0 Å². The quantitative estimate of drug-likeness (QED) is 0.796. The number of ether oxygens (including phenoxy) is 1. The monoisotopic (exact) mass is 341 g/mol. The van der Waals surface area contributed by atoms with Crippen molar-refractivity contribution in [3.63, 3.8) is 0 Å². The third-order valence-corrected chi connectivity index (χ3v) is 3.69. The highest BCUT2D eigenvalue weighted by atomic mass is 16.6. The van der Waals surface area contributed by atoms with E-state index in [-0.39, 0.29) is 36.7 Å². The fraction of sp³-hybridized carbons (Fsp3) is 0.824. The lowest BCUT2D eigenvalue weighted by Crippen LogP contribution is -2.47. The van der Waals surface area contributed by atoms with Gasteiger partial charge in [0.05, 0.1) is 0 Å². The second-order valence-corrected chi connectivity index (χ2v) is 7.50. The summed E-state index contributed by atoms with van der Waals surface area (Å²) >= 11 is 0. The van der Waals surface area contributed by atoms with Crippen molar-refractivity contribution in [3.05, 3.63) is 0 Å². The maximum Gasteiger partial charge on any atom is 0.407 e. The largest absolute Gasteiger partial charge is 0.444 e. The molecule has 1 aliphatic heterocycles. The van der Waals surface area contributed by atoms with E-state index in [9.17, 15) is 14.4 Å². The van der Waals surface area contributed by atoms with Crippen LogP contribution in [0.25, 0.3) is 0 Å². The molecule has 0 aromatic rings. The highest BCUT2D eigenvalue weighted by molar-refractivity contribution is 5.79. The van der Waals surface area contributed by atoms with Crippen molar-refractivity contribution >= 4 is 17.9 Å². The summed E-state index contributed by atoms with van der Waals surface area (Å²) in [6.07, 6.45) is 1.23. The third kappa shape index (κ3) is 7.66. The van der Waals surface area contributed by atoms with E-state index >= 15 is 0 Å². The average Bonchev–Trinajstić information content (AvgIpc) is 2.45. The number of rotatable bonds is 5.